The summed E-state index contributed by atoms with van der Waals surface area (Å²) in [6.45, 7) is 0. The van der Waals surface area contributed by atoms with Crippen LogP contribution in [0.15, 0.2) is 46.7 Å². The van der Waals surface area contributed by atoms with E-state index in [9.17, 15) is 0 Å². The maximum atomic E-state index is 5.80. The maximum Gasteiger partial charge on any atom is 0.172 e. The van der Waals surface area contributed by atoms with Crippen LogP contribution >= 0.6 is 23.4 Å². The third-order valence-corrected chi connectivity index (χ3v) is 3.63. The number of aromatic nitrogens is 3. The molecule has 2 heterocycles. The van der Waals surface area contributed by atoms with Gasteiger partial charge >= 0.3 is 0 Å². The summed E-state index contributed by atoms with van der Waals surface area (Å²) in [7, 11) is 1.64. The first kappa shape index (κ1) is 12.3. The Hall–Kier alpha value is -1.72. The molecule has 0 bridgehead atoms. The Labute approximate surface area is 119 Å². The number of hydrogen-bond acceptors (Lipinski definition) is 4. The highest BCUT2D eigenvalue weighted by molar-refractivity contribution is 7.99. The summed E-state index contributed by atoms with van der Waals surface area (Å²) >= 11 is 7.26. The van der Waals surface area contributed by atoms with Crippen LogP contribution in [0, 0.1) is 0 Å². The minimum Gasteiger partial charge on any atom is -0.497 e. The van der Waals surface area contributed by atoms with Gasteiger partial charge in [0.15, 0.2) is 5.16 Å². The first-order valence-electron chi connectivity index (χ1n) is 5.58. The number of hydrogen-bond donors (Lipinski definition) is 1. The van der Waals surface area contributed by atoms with Gasteiger partial charge in [0.05, 0.1) is 23.2 Å². The Morgan fingerprint density at radius 3 is 2.89 bits per heavy atom. The number of nitrogens with one attached hydrogen (secondary N) is 1. The van der Waals surface area contributed by atoms with Crippen molar-refractivity contribution in [2.75, 3.05) is 7.11 Å². The predicted molar refractivity (Wildman–Crippen MR) is 76.0 cm³/mol. The molecule has 0 unspecified atom stereocenters. The fraction of sp³-hybridized carbons (Fsp3) is 0.0769. The van der Waals surface area contributed by atoms with Gasteiger partial charge in [0, 0.05) is 12.3 Å². The van der Waals surface area contributed by atoms with Crippen molar-refractivity contribution < 1.29 is 4.74 Å². The van der Waals surface area contributed by atoms with Crippen LogP contribution in [-0.2, 0) is 0 Å². The van der Waals surface area contributed by atoms with Crippen molar-refractivity contribution in [2.45, 2.75) is 10.2 Å². The molecule has 0 amide bonds. The molecule has 19 heavy (non-hydrogen) atoms. The molecule has 1 aromatic carbocycles. The zero-order valence-corrected chi connectivity index (χ0v) is 11.6. The van der Waals surface area contributed by atoms with Crippen molar-refractivity contribution >= 4 is 34.4 Å². The molecular weight excluding hydrogens is 282 g/mol. The zero-order valence-electron chi connectivity index (χ0n) is 10.1. The van der Waals surface area contributed by atoms with Crippen LogP contribution in [0.3, 0.4) is 0 Å². The van der Waals surface area contributed by atoms with E-state index in [-0.39, 0.29) is 0 Å². The Morgan fingerprint density at radius 1 is 1.26 bits per heavy atom. The molecule has 96 valence electrons. The second-order valence-electron chi connectivity index (χ2n) is 3.84. The van der Waals surface area contributed by atoms with Gasteiger partial charge in [-0.05, 0) is 36.0 Å². The normalized spacial score (nSPS) is 10.8. The maximum absolute atomic E-state index is 5.80. The number of rotatable bonds is 3. The summed E-state index contributed by atoms with van der Waals surface area (Å²) in [4.78, 5) is 11.9. The number of halogens is 1. The Bertz CT molecular complexity index is 711. The number of ether oxygens (including phenoxy) is 1. The lowest BCUT2D eigenvalue weighted by atomic mass is 10.3. The standard InChI is InChI=1S/C13H10ClN3OS/c1-18-9-3-4-10-11(6-9)17-13(16-10)19-12-5-2-8(14)7-15-12/h2-7H,1H3,(H,16,17). The van der Waals surface area contributed by atoms with Crippen molar-refractivity contribution in [3.05, 3.63) is 41.6 Å². The van der Waals surface area contributed by atoms with Gasteiger partial charge in [-0.25, -0.2) is 9.97 Å². The van der Waals surface area contributed by atoms with Gasteiger partial charge < -0.3 is 9.72 Å². The highest BCUT2D eigenvalue weighted by atomic mass is 35.5. The molecule has 6 heteroatoms. The molecule has 2 aromatic heterocycles. The van der Waals surface area contributed by atoms with E-state index in [4.69, 9.17) is 16.3 Å². The Morgan fingerprint density at radius 2 is 2.16 bits per heavy atom. The van der Waals surface area contributed by atoms with E-state index in [0.717, 1.165) is 27.0 Å². The van der Waals surface area contributed by atoms with Crippen molar-refractivity contribution in [3.8, 4) is 5.75 Å². The summed E-state index contributed by atoms with van der Waals surface area (Å²) < 4.78 is 5.18. The van der Waals surface area contributed by atoms with Crippen LogP contribution < -0.4 is 4.74 Å². The average Bonchev–Trinajstić information content (AvgIpc) is 2.82. The summed E-state index contributed by atoms with van der Waals surface area (Å²) in [5.74, 6) is 0.803. The number of H-pyrrole nitrogens is 1. The fourth-order valence-corrected chi connectivity index (χ4v) is 2.52. The summed E-state index contributed by atoms with van der Waals surface area (Å²) in [5.41, 5.74) is 1.84. The van der Waals surface area contributed by atoms with E-state index in [1.807, 2.05) is 30.3 Å². The minimum atomic E-state index is 0.624. The SMILES string of the molecule is COc1ccc2nc(Sc3ccc(Cl)cn3)[nH]c2c1. The van der Waals surface area contributed by atoms with Crippen LogP contribution in [0.4, 0.5) is 0 Å². The summed E-state index contributed by atoms with van der Waals surface area (Å²) in [6.07, 6.45) is 1.62. The lowest BCUT2D eigenvalue weighted by Gasteiger charge is -1.97. The Balaban J connectivity index is 1.90. The Kier molecular flexibility index (Phi) is 3.31. The van der Waals surface area contributed by atoms with Crippen LogP contribution in [0.1, 0.15) is 0 Å². The monoisotopic (exact) mass is 291 g/mol. The van der Waals surface area contributed by atoms with Crippen molar-refractivity contribution in [2.24, 2.45) is 0 Å². The van der Waals surface area contributed by atoms with Crippen molar-refractivity contribution in [1.29, 1.82) is 0 Å². The molecule has 1 N–H and O–H groups in total. The first-order valence-corrected chi connectivity index (χ1v) is 6.77. The van der Waals surface area contributed by atoms with E-state index in [2.05, 4.69) is 15.0 Å². The predicted octanol–water partition coefficient (Wildman–Crippen LogP) is 3.77. The quantitative estimate of drug-likeness (QED) is 0.798. The molecular formula is C13H10ClN3OS. The lowest BCUT2D eigenvalue weighted by molar-refractivity contribution is 0.415. The van der Waals surface area contributed by atoms with Crippen LogP contribution in [0.5, 0.6) is 5.75 Å². The number of nitrogens with zero attached hydrogens (tertiary/aromatic N) is 2. The number of benzene rings is 1. The summed E-state index contributed by atoms with van der Waals surface area (Å²) in [6, 6.07) is 9.40. The van der Waals surface area contributed by atoms with Crippen LogP contribution in [-0.4, -0.2) is 22.1 Å². The second-order valence-corrected chi connectivity index (χ2v) is 5.29. The lowest BCUT2D eigenvalue weighted by Crippen LogP contribution is -1.81. The fourth-order valence-electron chi connectivity index (χ4n) is 1.66. The van der Waals surface area contributed by atoms with E-state index >= 15 is 0 Å². The van der Waals surface area contributed by atoms with Crippen LogP contribution in [0.2, 0.25) is 5.02 Å². The second kappa shape index (κ2) is 5.11. The van der Waals surface area contributed by atoms with Gasteiger partial charge in [-0.3, -0.25) is 0 Å². The number of aromatic amines is 1. The van der Waals surface area contributed by atoms with Gasteiger partial charge in [-0.2, -0.15) is 0 Å². The first-order chi connectivity index (χ1) is 9.24. The van der Waals surface area contributed by atoms with Gasteiger partial charge in [-0.15, -0.1) is 0 Å². The van der Waals surface area contributed by atoms with E-state index in [1.54, 1.807) is 13.3 Å². The molecule has 4 nitrogen and oxygen atoms in total. The van der Waals surface area contributed by atoms with E-state index in [0.29, 0.717) is 5.02 Å². The molecule has 0 aliphatic rings. The molecule has 0 fully saturated rings. The third-order valence-electron chi connectivity index (χ3n) is 2.57. The van der Waals surface area contributed by atoms with Crippen LogP contribution in [0.25, 0.3) is 11.0 Å². The van der Waals surface area contributed by atoms with Gasteiger partial charge in [-0.1, -0.05) is 11.6 Å². The molecule has 0 radical (unpaired) electrons. The molecule has 3 aromatic rings. The third kappa shape index (κ3) is 2.67. The molecule has 0 saturated carbocycles. The molecule has 0 spiro atoms. The summed E-state index contributed by atoms with van der Waals surface area (Å²) in [5, 5.41) is 2.26. The van der Waals surface area contributed by atoms with Gasteiger partial charge in [0.1, 0.15) is 10.8 Å². The van der Waals surface area contributed by atoms with Crippen molar-refractivity contribution in [1.82, 2.24) is 15.0 Å². The molecule has 0 atom stereocenters. The topological polar surface area (TPSA) is 50.8 Å². The van der Waals surface area contributed by atoms with E-state index in [1.165, 1.54) is 11.8 Å². The molecule has 0 aliphatic carbocycles. The van der Waals surface area contributed by atoms with Crippen molar-refractivity contribution in [3.63, 3.8) is 0 Å². The largest absolute Gasteiger partial charge is 0.497 e. The number of pyridine rings is 1. The molecule has 0 saturated heterocycles. The van der Waals surface area contributed by atoms with Gasteiger partial charge in [0.2, 0.25) is 0 Å². The highest BCUT2D eigenvalue weighted by Gasteiger charge is 2.06. The molecule has 3 rings (SSSR count). The average molecular weight is 292 g/mol. The minimum absolute atomic E-state index is 0.624. The van der Waals surface area contributed by atoms with Gasteiger partial charge in [0.25, 0.3) is 0 Å². The number of methoxy groups -OCH3 is 1. The smallest absolute Gasteiger partial charge is 0.172 e. The number of imidazole rings is 1. The zero-order chi connectivity index (χ0) is 13.2. The highest BCUT2D eigenvalue weighted by Crippen LogP contribution is 2.27. The van der Waals surface area contributed by atoms with E-state index < -0.39 is 0 Å². The number of fused-ring (bicyclic) bond motifs is 1. The molecule has 0 aliphatic heterocycles.